The van der Waals surface area contributed by atoms with E-state index in [1.807, 2.05) is 69.6 Å². The lowest BCUT2D eigenvalue weighted by molar-refractivity contribution is 0.0982. The van der Waals surface area contributed by atoms with Crippen LogP contribution in [0.2, 0.25) is 0 Å². The van der Waals surface area contributed by atoms with E-state index in [1.165, 1.54) is 24.2 Å². The molecule has 3 aromatic carbocycles. The first-order valence-corrected chi connectivity index (χ1v) is 21.6. The van der Waals surface area contributed by atoms with Gasteiger partial charge in [-0.25, -0.2) is 4.79 Å². The van der Waals surface area contributed by atoms with Crippen LogP contribution in [0.5, 0.6) is 11.5 Å². The van der Waals surface area contributed by atoms with Gasteiger partial charge in [-0.1, -0.05) is 13.8 Å². The van der Waals surface area contributed by atoms with Crippen LogP contribution < -0.4 is 19.7 Å². The van der Waals surface area contributed by atoms with E-state index in [9.17, 15) is 14.4 Å². The predicted molar refractivity (Wildman–Crippen MR) is 238 cm³/mol. The number of hydrogen-bond donors (Lipinski definition) is 3. The number of benzene rings is 3. The maximum Gasteiger partial charge on any atom is 0.415 e. The van der Waals surface area contributed by atoms with Gasteiger partial charge in [-0.15, -0.1) is 22.9 Å². The first-order chi connectivity index (χ1) is 28.3. The number of alkyl halides is 1. The molecule has 0 unspecified atom stereocenters. The van der Waals surface area contributed by atoms with Crippen molar-refractivity contribution in [2.45, 2.75) is 39.5 Å². The molecule has 0 aliphatic carbocycles. The van der Waals surface area contributed by atoms with Gasteiger partial charge in [0.25, 0.3) is 11.8 Å². The Hall–Kier alpha value is -5.08. The minimum atomic E-state index is -0.459. The van der Waals surface area contributed by atoms with Crippen LogP contribution in [0.25, 0.3) is 31.9 Å². The number of likely N-dealkylation sites (tertiary alicyclic amines) is 1. The highest BCUT2D eigenvalue weighted by Crippen LogP contribution is 2.49. The number of carbonyl (C=O) groups is 3. The second kappa shape index (κ2) is 16.5. The molecule has 3 N–H and O–H groups in total. The topological polar surface area (TPSA) is 126 Å². The van der Waals surface area contributed by atoms with E-state index in [0.29, 0.717) is 54.1 Å². The van der Waals surface area contributed by atoms with E-state index in [4.69, 9.17) is 21.1 Å². The van der Waals surface area contributed by atoms with Crippen molar-refractivity contribution in [3.05, 3.63) is 82.5 Å². The Balaban J connectivity index is 0.993. The van der Waals surface area contributed by atoms with Gasteiger partial charge < -0.3 is 39.5 Å². The fourth-order valence-corrected chi connectivity index (χ4v) is 10.1. The quantitative estimate of drug-likeness (QED) is 0.0993. The third kappa shape index (κ3) is 8.52. The van der Waals surface area contributed by atoms with E-state index in [-0.39, 0.29) is 23.1 Å². The van der Waals surface area contributed by atoms with E-state index in [2.05, 4.69) is 44.3 Å². The molecule has 0 spiro atoms. The molecule has 1 atom stereocenters. The zero-order valence-electron chi connectivity index (χ0n) is 34.5. The lowest BCUT2D eigenvalue weighted by Crippen LogP contribution is -2.42. The largest absolute Gasteiger partial charge is 0.492 e. The van der Waals surface area contributed by atoms with Crippen molar-refractivity contribution in [3.63, 3.8) is 0 Å². The smallest absolute Gasteiger partial charge is 0.415 e. The maximum atomic E-state index is 14.4. The van der Waals surface area contributed by atoms with Gasteiger partial charge in [0.1, 0.15) is 23.7 Å². The molecule has 0 saturated carbocycles. The van der Waals surface area contributed by atoms with Gasteiger partial charge in [0, 0.05) is 84.0 Å². The third-order valence-electron chi connectivity index (χ3n) is 11.3. The van der Waals surface area contributed by atoms with Crippen molar-refractivity contribution in [3.8, 4) is 11.5 Å². The van der Waals surface area contributed by atoms with Crippen LogP contribution in [-0.4, -0.2) is 115 Å². The number of hydrogen-bond acceptors (Lipinski definition) is 8. The molecule has 0 radical (unpaired) electrons. The number of aromatic amines is 2. The second-order valence-electron chi connectivity index (χ2n) is 17.1. The van der Waals surface area contributed by atoms with Crippen LogP contribution in [-0.2, 0) is 0 Å². The number of halogens is 1. The summed E-state index contributed by atoms with van der Waals surface area (Å²) in [6.45, 7) is 11.8. The molecule has 59 heavy (non-hydrogen) atoms. The molecule has 310 valence electrons. The number of carbonyl (C=O) groups excluding carboxylic acids is 3. The Bertz CT molecular complexity index is 2550. The summed E-state index contributed by atoms with van der Waals surface area (Å²) in [5, 5.41) is 7.69. The number of amides is 3. The fourth-order valence-electron chi connectivity index (χ4n) is 8.87. The molecule has 3 aromatic heterocycles. The predicted octanol–water partition coefficient (Wildman–Crippen LogP) is 8.90. The van der Waals surface area contributed by atoms with Crippen molar-refractivity contribution >= 4 is 84.1 Å². The van der Waals surface area contributed by atoms with E-state index < -0.39 is 6.09 Å². The van der Waals surface area contributed by atoms with Crippen LogP contribution >= 0.6 is 22.9 Å². The number of anilines is 2. The van der Waals surface area contributed by atoms with Gasteiger partial charge in [0.2, 0.25) is 0 Å². The highest BCUT2D eigenvalue weighted by molar-refractivity contribution is 7.17. The monoisotopic (exact) mass is 837 g/mol. The van der Waals surface area contributed by atoms with Gasteiger partial charge in [-0.05, 0) is 117 Å². The first kappa shape index (κ1) is 40.7. The maximum absolute atomic E-state index is 14.4. The molecule has 1 fully saturated rings. The highest BCUT2D eigenvalue weighted by atomic mass is 35.5. The summed E-state index contributed by atoms with van der Waals surface area (Å²) in [7, 11) is 5.78. The fraction of sp³-hybridized carbons (Fsp3) is 0.400. The van der Waals surface area contributed by atoms with Crippen LogP contribution in [0, 0.1) is 12.3 Å². The molecular weight excluding hydrogens is 786 g/mol. The molecule has 1 saturated heterocycles. The van der Waals surface area contributed by atoms with Crippen molar-refractivity contribution < 1.29 is 23.9 Å². The molecule has 8 rings (SSSR count). The molecule has 5 heterocycles. The van der Waals surface area contributed by atoms with Crippen molar-refractivity contribution in [2.75, 3.05) is 83.1 Å². The number of aromatic nitrogens is 2. The summed E-state index contributed by atoms with van der Waals surface area (Å²) in [6, 6.07) is 16.8. The number of nitrogens with zero attached hydrogens (tertiary/aromatic N) is 4. The van der Waals surface area contributed by atoms with Crippen LogP contribution in [0.1, 0.15) is 64.7 Å². The molecule has 2 aliphatic heterocycles. The average Bonchev–Trinajstić information content (AvgIpc) is 4.03. The lowest BCUT2D eigenvalue weighted by atomic mass is 9.92. The summed E-state index contributed by atoms with van der Waals surface area (Å²) in [4.78, 5) is 55.7. The van der Waals surface area contributed by atoms with E-state index in [1.54, 1.807) is 22.9 Å². The summed E-state index contributed by atoms with van der Waals surface area (Å²) in [5.74, 6) is 0.897. The minimum Gasteiger partial charge on any atom is -0.492 e. The SMILES string of the molecule is Cc1csc2c(OC(=O)N(C)CC(C)(C)CN(C)C)cc3c(c12)[C@@H](CCl)CN3C(=O)c1cc2cc(NC(=O)c3cc4cc(OCCN5CCCC5)ccc4[nH]3)ccc2[nH]1. The molecule has 2 aliphatic rings. The summed E-state index contributed by atoms with van der Waals surface area (Å²) in [5.41, 5.74) is 5.56. The Labute approximate surface area is 353 Å². The number of rotatable bonds is 13. The van der Waals surface area contributed by atoms with Crippen LogP contribution in [0.15, 0.2) is 60.0 Å². The van der Waals surface area contributed by atoms with Crippen molar-refractivity contribution in [2.24, 2.45) is 5.41 Å². The molecule has 0 bridgehead atoms. The number of nitrogens with one attached hydrogen (secondary N) is 3. The second-order valence-corrected chi connectivity index (χ2v) is 18.3. The standard InChI is InChI=1S/C45H52ClN7O5S/c1-27-24-59-41-38(58-44(56)51(6)26-45(2,3)25-50(4)5)21-37-40(39(27)41)30(22-46)23-53(37)43(55)36-20-28-17-31(9-11-33(28)49-36)47-42(54)35-19-29-18-32(10-12-34(29)48-35)57-16-15-52-13-7-8-14-52/h9-12,17-21,24,30,48-49H,7-8,13-16,22-23,25-26H2,1-6H3,(H,47,54)/t30-/m0/s1. The number of aryl methyl sites for hydroxylation is 1. The average molecular weight is 838 g/mol. The number of H-pyrrole nitrogens is 2. The van der Waals surface area contributed by atoms with Gasteiger partial charge >= 0.3 is 6.09 Å². The van der Waals surface area contributed by atoms with Gasteiger partial charge in [0.05, 0.1) is 10.4 Å². The molecule has 12 nitrogen and oxygen atoms in total. The summed E-state index contributed by atoms with van der Waals surface area (Å²) >= 11 is 8.11. The highest BCUT2D eigenvalue weighted by Gasteiger charge is 2.37. The number of thiophene rings is 1. The van der Waals surface area contributed by atoms with Gasteiger partial charge in [-0.3, -0.25) is 14.5 Å². The Morgan fingerprint density at radius 3 is 2.41 bits per heavy atom. The van der Waals surface area contributed by atoms with Crippen molar-refractivity contribution in [1.82, 2.24) is 24.7 Å². The summed E-state index contributed by atoms with van der Waals surface area (Å²) < 4.78 is 13.0. The Morgan fingerprint density at radius 2 is 1.66 bits per heavy atom. The van der Waals surface area contributed by atoms with Gasteiger partial charge in [-0.2, -0.15) is 0 Å². The van der Waals surface area contributed by atoms with E-state index in [0.717, 1.165) is 74.9 Å². The molecular formula is C45H52ClN7O5S. The normalized spacial score (nSPS) is 15.8. The van der Waals surface area contributed by atoms with Crippen molar-refractivity contribution in [1.29, 1.82) is 0 Å². The Morgan fingerprint density at radius 1 is 0.949 bits per heavy atom. The zero-order valence-corrected chi connectivity index (χ0v) is 36.1. The number of fused-ring (bicyclic) bond motifs is 5. The minimum absolute atomic E-state index is 0.111. The lowest BCUT2D eigenvalue weighted by Gasteiger charge is -2.32. The Kier molecular flexibility index (Phi) is 11.4. The summed E-state index contributed by atoms with van der Waals surface area (Å²) in [6.07, 6.45) is 2.04. The van der Waals surface area contributed by atoms with E-state index >= 15 is 0 Å². The van der Waals surface area contributed by atoms with Crippen LogP contribution in [0.4, 0.5) is 16.2 Å². The zero-order chi connectivity index (χ0) is 41.6. The van der Waals surface area contributed by atoms with Gasteiger partial charge in [0.15, 0.2) is 5.75 Å². The molecule has 3 amide bonds. The third-order valence-corrected chi connectivity index (χ3v) is 12.8. The first-order valence-electron chi connectivity index (χ1n) is 20.2. The molecule has 6 aromatic rings. The molecule has 14 heteroatoms. The number of ether oxygens (including phenoxy) is 2. The van der Waals surface area contributed by atoms with Crippen LogP contribution in [0.3, 0.4) is 0 Å².